The lowest BCUT2D eigenvalue weighted by Gasteiger charge is -2.41. The Morgan fingerprint density at radius 1 is 1.25 bits per heavy atom. The number of carboxylic acid groups (broad SMARTS) is 1. The first-order chi connectivity index (χ1) is 9.36. The Morgan fingerprint density at radius 2 is 2.00 bits per heavy atom. The predicted octanol–water partition coefficient (Wildman–Crippen LogP) is 1.53. The van der Waals surface area contributed by atoms with Crippen molar-refractivity contribution in [3.8, 4) is 0 Å². The van der Waals surface area contributed by atoms with Crippen molar-refractivity contribution in [2.45, 2.75) is 56.2 Å². The number of sulfone groups is 1. The van der Waals surface area contributed by atoms with Gasteiger partial charge in [-0.3, -0.25) is 4.79 Å². The number of aliphatic carboxylic acids is 1. The first kappa shape index (κ1) is 15.8. The van der Waals surface area contributed by atoms with E-state index in [9.17, 15) is 13.2 Å². The number of nitrogens with zero attached hydrogens (tertiary/aromatic N) is 1. The van der Waals surface area contributed by atoms with Gasteiger partial charge in [-0.05, 0) is 44.6 Å². The lowest BCUT2D eigenvalue weighted by atomic mass is 9.89. The second-order valence-corrected chi connectivity index (χ2v) is 8.70. The summed E-state index contributed by atoms with van der Waals surface area (Å²) in [6, 6.07) is 0.320. The van der Waals surface area contributed by atoms with E-state index >= 15 is 0 Å². The van der Waals surface area contributed by atoms with Crippen LogP contribution in [0.5, 0.6) is 0 Å². The molecule has 5 nitrogen and oxygen atoms in total. The lowest BCUT2D eigenvalue weighted by molar-refractivity contribution is -0.138. The molecule has 2 fully saturated rings. The van der Waals surface area contributed by atoms with Crippen molar-refractivity contribution in [3.63, 3.8) is 0 Å². The summed E-state index contributed by atoms with van der Waals surface area (Å²) in [6.07, 6.45) is 7.08. The van der Waals surface area contributed by atoms with Crippen LogP contribution in [-0.2, 0) is 14.6 Å². The number of carbonyl (C=O) groups is 1. The van der Waals surface area contributed by atoms with Crippen LogP contribution in [0.4, 0.5) is 0 Å². The standard InChI is InChI=1S/C14H25NO4S/c1-20(18,19)13-6-2-5-12(9-13)15-7-3-4-11(10-15)8-14(16)17/h11-13H,2-10H2,1H3,(H,16,17). The molecule has 2 rings (SSSR count). The molecule has 0 bridgehead atoms. The highest BCUT2D eigenvalue weighted by Gasteiger charge is 2.34. The molecule has 1 N–H and O–H groups in total. The van der Waals surface area contributed by atoms with Gasteiger partial charge in [0.2, 0.25) is 0 Å². The van der Waals surface area contributed by atoms with Gasteiger partial charge in [-0.15, -0.1) is 0 Å². The first-order valence-corrected chi connectivity index (χ1v) is 9.46. The number of piperidine rings is 1. The highest BCUT2D eigenvalue weighted by molar-refractivity contribution is 7.91. The molecule has 116 valence electrons. The van der Waals surface area contributed by atoms with Crippen molar-refractivity contribution < 1.29 is 18.3 Å². The van der Waals surface area contributed by atoms with Crippen molar-refractivity contribution in [2.75, 3.05) is 19.3 Å². The number of hydrogen-bond donors (Lipinski definition) is 1. The van der Waals surface area contributed by atoms with Crippen molar-refractivity contribution in [3.05, 3.63) is 0 Å². The second-order valence-electron chi connectivity index (χ2n) is 6.37. The molecule has 0 amide bonds. The topological polar surface area (TPSA) is 74.7 Å². The van der Waals surface area contributed by atoms with E-state index in [2.05, 4.69) is 4.90 Å². The molecule has 3 atom stereocenters. The Morgan fingerprint density at radius 3 is 2.65 bits per heavy atom. The molecular weight excluding hydrogens is 278 g/mol. The molecule has 0 spiro atoms. The number of carboxylic acids is 1. The Kier molecular flexibility index (Phi) is 5.07. The maximum absolute atomic E-state index is 11.7. The zero-order chi connectivity index (χ0) is 14.8. The van der Waals surface area contributed by atoms with Crippen molar-refractivity contribution in [2.24, 2.45) is 5.92 Å². The summed E-state index contributed by atoms with van der Waals surface area (Å²) in [7, 11) is -2.95. The molecular formula is C14H25NO4S. The summed E-state index contributed by atoms with van der Waals surface area (Å²) in [5, 5.41) is 8.71. The largest absolute Gasteiger partial charge is 0.481 e. The van der Waals surface area contributed by atoms with Gasteiger partial charge in [0, 0.05) is 25.3 Å². The van der Waals surface area contributed by atoms with Gasteiger partial charge in [0.15, 0.2) is 0 Å². The summed E-state index contributed by atoms with van der Waals surface area (Å²) in [6.45, 7) is 1.80. The van der Waals surface area contributed by atoms with E-state index in [0.29, 0.717) is 6.04 Å². The number of rotatable bonds is 4. The second kappa shape index (κ2) is 6.43. The average Bonchev–Trinajstić information content (AvgIpc) is 2.37. The van der Waals surface area contributed by atoms with Gasteiger partial charge in [0.1, 0.15) is 9.84 Å². The fourth-order valence-electron chi connectivity index (χ4n) is 3.68. The normalized spacial score (nSPS) is 33.0. The summed E-state index contributed by atoms with van der Waals surface area (Å²) in [5.41, 5.74) is 0. The molecule has 0 radical (unpaired) electrons. The Balaban J connectivity index is 1.95. The quantitative estimate of drug-likeness (QED) is 0.852. The maximum atomic E-state index is 11.7. The van der Waals surface area contributed by atoms with Gasteiger partial charge in [-0.25, -0.2) is 8.42 Å². The zero-order valence-electron chi connectivity index (χ0n) is 12.1. The third-order valence-electron chi connectivity index (χ3n) is 4.73. The minimum Gasteiger partial charge on any atom is -0.481 e. The summed E-state index contributed by atoms with van der Waals surface area (Å²) < 4.78 is 23.5. The summed E-state index contributed by atoms with van der Waals surface area (Å²) in [5.74, 6) is -0.505. The summed E-state index contributed by atoms with van der Waals surface area (Å²) in [4.78, 5) is 13.2. The molecule has 1 saturated carbocycles. The molecule has 1 heterocycles. The van der Waals surface area contributed by atoms with Gasteiger partial charge < -0.3 is 10.0 Å². The van der Waals surface area contributed by atoms with Gasteiger partial charge in [-0.2, -0.15) is 0 Å². The van der Waals surface area contributed by atoms with E-state index in [1.807, 2.05) is 0 Å². The third-order valence-corrected chi connectivity index (χ3v) is 6.37. The Bertz CT molecular complexity index is 448. The highest BCUT2D eigenvalue weighted by atomic mass is 32.2. The number of hydrogen-bond acceptors (Lipinski definition) is 4. The van der Waals surface area contributed by atoms with E-state index in [4.69, 9.17) is 5.11 Å². The molecule has 1 aliphatic heterocycles. The monoisotopic (exact) mass is 303 g/mol. The van der Waals surface area contributed by atoms with E-state index in [0.717, 1.165) is 51.6 Å². The molecule has 1 saturated heterocycles. The van der Waals surface area contributed by atoms with Crippen molar-refractivity contribution in [1.82, 2.24) is 4.90 Å². The van der Waals surface area contributed by atoms with Gasteiger partial charge in [-0.1, -0.05) is 6.42 Å². The lowest BCUT2D eigenvalue weighted by Crippen LogP contribution is -2.46. The van der Waals surface area contributed by atoms with Crippen LogP contribution in [0.15, 0.2) is 0 Å². The summed E-state index contributed by atoms with van der Waals surface area (Å²) >= 11 is 0. The molecule has 6 heteroatoms. The van der Waals surface area contributed by atoms with Crippen LogP contribution in [0.1, 0.15) is 44.9 Å². The van der Waals surface area contributed by atoms with Crippen LogP contribution in [0.3, 0.4) is 0 Å². The SMILES string of the molecule is CS(=O)(=O)C1CCCC(N2CCCC(CC(=O)O)C2)C1. The minimum absolute atomic E-state index is 0.207. The zero-order valence-corrected chi connectivity index (χ0v) is 12.9. The van der Waals surface area contributed by atoms with Crippen LogP contribution < -0.4 is 0 Å². The fraction of sp³-hybridized carbons (Fsp3) is 0.929. The van der Waals surface area contributed by atoms with Gasteiger partial charge in [0.05, 0.1) is 5.25 Å². The van der Waals surface area contributed by atoms with E-state index in [-0.39, 0.29) is 17.6 Å². The van der Waals surface area contributed by atoms with Gasteiger partial charge in [0.25, 0.3) is 0 Å². The van der Waals surface area contributed by atoms with Crippen LogP contribution in [0, 0.1) is 5.92 Å². The van der Waals surface area contributed by atoms with E-state index < -0.39 is 15.8 Å². The maximum Gasteiger partial charge on any atom is 0.303 e. The molecule has 0 aromatic rings. The minimum atomic E-state index is -2.95. The predicted molar refractivity (Wildman–Crippen MR) is 77.4 cm³/mol. The molecule has 3 unspecified atom stereocenters. The fourth-order valence-corrected chi connectivity index (χ4v) is 4.85. The molecule has 0 aromatic carbocycles. The molecule has 20 heavy (non-hydrogen) atoms. The third kappa shape index (κ3) is 4.19. The highest BCUT2D eigenvalue weighted by Crippen LogP contribution is 2.30. The smallest absolute Gasteiger partial charge is 0.303 e. The van der Waals surface area contributed by atoms with Crippen molar-refractivity contribution >= 4 is 15.8 Å². The van der Waals surface area contributed by atoms with E-state index in [1.165, 1.54) is 6.26 Å². The molecule has 2 aliphatic rings. The Labute approximate surface area is 121 Å². The van der Waals surface area contributed by atoms with E-state index in [1.54, 1.807) is 0 Å². The average molecular weight is 303 g/mol. The number of likely N-dealkylation sites (tertiary alicyclic amines) is 1. The van der Waals surface area contributed by atoms with Crippen LogP contribution in [-0.4, -0.2) is 55.0 Å². The van der Waals surface area contributed by atoms with Crippen LogP contribution in [0.2, 0.25) is 0 Å². The van der Waals surface area contributed by atoms with Crippen molar-refractivity contribution in [1.29, 1.82) is 0 Å². The van der Waals surface area contributed by atoms with Gasteiger partial charge >= 0.3 is 5.97 Å². The Hall–Kier alpha value is -0.620. The first-order valence-electron chi connectivity index (χ1n) is 7.51. The molecule has 0 aromatic heterocycles. The van der Waals surface area contributed by atoms with Crippen LogP contribution in [0.25, 0.3) is 0 Å². The molecule has 1 aliphatic carbocycles. The van der Waals surface area contributed by atoms with Crippen LogP contribution >= 0.6 is 0 Å².